The van der Waals surface area contributed by atoms with E-state index in [2.05, 4.69) is 10.3 Å². The molecule has 0 aliphatic rings. The normalized spacial score (nSPS) is 10.2. The molecule has 7 heteroatoms. The predicted octanol–water partition coefficient (Wildman–Crippen LogP) is 0.685. The molecule has 0 fully saturated rings. The van der Waals surface area contributed by atoms with Gasteiger partial charge in [0, 0.05) is 12.4 Å². The monoisotopic (exact) mass is 265 g/mol. The number of nitrogens with zero attached hydrogens (tertiary/aromatic N) is 1. The number of carbonyl (C=O) groups is 2. The SMILES string of the molecule is NC(=O)CONC(=O)c1sccc1-n1cccc1. The van der Waals surface area contributed by atoms with Crippen molar-refractivity contribution in [3.63, 3.8) is 0 Å². The highest BCUT2D eigenvalue weighted by molar-refractivity contribution is 7.12. The van der Waals surface area contributed by atoms with Crippen molar-refractivity contribution in [1.29, 1.82) is 0 Å². The molecule has 0 aliphatic carbocycles. The summed E-state index contributed by atoms with van der Waals surface area (Å²) in [5.74, 6) is -1.05. The predicted molar refractivity (Wildman–Crippen MR) is 66.3 cm³/mol. The van der Waals surface area contributed by atoms with Crippen molar-refractivity contribution in [2.75, 3.05) is 6.61 Å². The summed E-state index contributed by atoms with van der Waals surface area (Å²) in [4.78, 5) is 27.4. The number of nitrogens with one attached hydrogen (secondary N) is 1. The van der Waals surface area contributed by atoms with Crippen LogP contribution in [0.15, 0.2) is 36.0 Å². The van der Waals surface area contributed by atoms with Crippen molar-refractivity contribution in [1.82, 2.24) is 10.0 Å². The Hall–Kier alpha value is -2.12. The average Bonchev–Trinajstić information content (AvgIpc) is 2.99. The van der Waals surface area contributed by atoms with Gasteiger partial charge in [0.2, 0.25) is 5.91 Å². The second-order valence-electron chi connectivity index (χ2n) is 3.41. The largest absolute Gasteiger partial charge is 0.368 e. The molecule has 0 atom stereocenters. The van der Waals surface area contributed by atoms with Gasteiger partial charge in [-0.2, -0.15) is 0 Å². The summed E-state index contributed by atoms with van der Waals surface area (Å²) in [6.45, 7) is -0.351. The van der Waals surface area contributed by atoms with Gasteiger partial charge in [-0.15, -0.1) is 11.3 Å². The number of hydrogen-bond acceptors (Lipinski definition) is 4. The smallest absolute Gasteiger partial charge is 0.287 e. The molecule has 0 aliphatic heterocycles. The zero-order valence-electron chi connectivity index (χ0n) is 9.33. The lowest BCUT2D eigenvalue weighted by Crippen LogP contribution is -2.29. The molecule has 3 N–H and O–H groups in total. The van der Waals surface area contributed by atoms with Crippen molar-refractivity contribution in [2.24, 2.45) is 5.73 Å². The maximum Gasteiger partial charge on any atom is 0.287 e. The molecule has 0 saturated heterocycles. The van der Waals surface area contributed by atoms with Crippen LogP contribution in [0.2, 0.25) is 0 Å². The van der Waals surface area contributed by atoms with E-state index < -0.39 is 11.8 Å². The van der Waals surface area contributed by atoms with Crippen molar-refractivity contribution in [3.05, 3.63) is 40.8 Å². The highest BCUT2D eigenvalue weighted by atomic mass is 32.1. The van der Waals surface area contributed by atoms with E-state index in [-0.39, 0.29) is 6.61 Å². The van der Waals surface area contributed by atoms with Gasteiger partial charge >= 0.3 is 0 Å². The van der Waals surface area contributed by atoms with Gasteiger partial charge in [-0.25, -0.2) is 5.48 Å². The molecule has 0 unspecified atom stereocenters. The van der Waals surface area contributed by atoms with E-state index >= 15 is 0 Å². The van der Waals surface area contributed by atoms with Gasteiger partial charge in [-0.05, 0) is 23.6 Å². The molecule has 0 spiro atoms. The summed E-state index contributed by atoms with van der Waals surface area (Å²) >= 11 is 1.29. The molecule has 0 aromatic carbocycles. The summed E-state index contributed by atoms with van der Waals surface area (Å²) in [7, 11) is 0. The minimum atomic E-state index is -0.646. The van der Waals surface area contributed by atoms with E-state index in [1.54, 1.807) is 5.38 Å². The Morgan fingerprint density at radius 3 is 2.78 bits per heavy atom. The second kappa shape index (κ2) is 5.48. The van der Waals surface area contributed by atoms with E-state index in [9.17, 15) is 9.59 Å². The van der Waals surface area contributed by atoms with Crippen LogP contribution in [0.1, 0.15) is 9.67 Å². The number of thiophene rings is 1. The fourth-order valence-corrected chi connectivity index (χ4v) is 2.17. The van der Waals surface area contributed by atoms with Crippen LogP contribution in [-0.4, -0.2) is 23.0 Å². The third-order valence-electron chi connectivity index (χ3n) is 2.11. The minimum absolute atomic E-state index is 0.351. The zero-order valence-corrected chi connectivity index (χ0v) is 10.1. The molecule has 94 valence electrons. The summed E-state index contributed by atoms with van der Waals surface area (Å²) in [6, 6.07) is 5.56. The van der Waals surface area contributed by atoms with E-state index in [4.69, 9.17) is 5.73 Å². The average molecular weight is 265 g/mol. The molecule has 6 nitrogen and oxygen atoms in total. The maximum absolute atomic E-state index is 11.8. The van der Waals surface area contributed by atoms with Crippen molar-refractivity contribution in [2.45, 2.75) is 0 Å². The Labute approximate surface area is 107 Å². The molecule has 2 rings (SSSR count). The van der Waals surface area contributed by atoms with Crippen LogP contribution >= 0.6 is 11.3 Å². The molecule has 18 heavy (non-hydrogen) atoms. The first-order chi connectivity index (χ1) is 8.68. The number of hydroxylamine groups is 1. The van der Waals surface area contributed by atoms with Gasteiger partial charge in [-0.1, -0.05) is 0 Å². The Morgan fingerprint density at radius 2 is 2.11 bits per heavy atom. The number of carbonyl (C=O) groups excluding carboxylic acids is 2. The lowest BCUT2D eigenvalue weighted by molar-refractivity contribution is -0.124. The van der Waals surface area contributed by atoms with Crippen LogP contribution < -0.4 is 11.2 Å². The topological polar surface area (TPSA) is 86.4 Å². The second-order valence-corrected chi connectivity index (χ2v) is 4.33. The van der Waals surface area contributed by atoms with Gasteiger partial charge in [0.15, 0.2) is 6.61 Å². The van der Waals surface area contributed by atoms with Crippen LogP contribution in [0.25, 0.3) is 5.69 Å². The Bertz CT molecular complexity index is 548. The molecule has 2 aromatic rings. The Balaban J connectivity index is 2.07. The fourth-order valence-electron chi connectivity index (χ4n) is 1.39. The van der Waals surface area contributed by atoms with Gasteiger partial charge in [0.1, 0.15) is 4.88 Å². The quantitative estimate of drug-likeness (QED) is 0.780. The molecule has 2 heterocycles. The molecule has 0 saturated carbocycles. The number of amides is 2. The van der Waals surface area contributed by atoms with Crippen LogP contribution in [0, 0.1) is 0 Å². The molecule has 2 aromatic heterocycles. The van der Waals surface area contributed by atoms with E-state index in [1.807, 2.05) is 35.2 Å². The minimum Gasteiger partial charge on any atom is -0.368 e. The highest BCUT2D eigenvalue weighted by Gasteiger charge is 2.14. The maximum atomic E-state index is 11.8. The molecule has 0 bridgehead atoms. The van der Waals surface area contributed by atoms with Crippen molar-refractivity contribution < 1.29 is 14.4 Å². The lowest BCUT2D eigenvalue weighted by atomic mass is 10.3. The first-order valence-corrected chi connectivity index (χ1v) is 5.97. The third-order valence-corrected chi connectivity index (χ3v) is 3.01. The molecule has 2 amide bonds. The van der Waals surface area contributed by atoms with E-state index in [0.717, 1.165) is 5.69 Å². The number of aromatic nitrogens is 1. The van der Waals surface area contributed by atoms with Gasteiger partial charge < -0.3 is 10.3 Å². The lowest BCUT2D eigenvalue weighted by Gasteiger charge is -2.06. The highest BCUT2D eigenvalue weighted by Crippen LogP contribution is 2.21. The molecule has 0 radical (unpaired) electrons. The summed E-state index contributed by atoms with van der Waals surface area (Å²) in [5.41, 5.74) is 7.82. The third kappa shape index (κ3) is 2.76. The van der Waals surface area contributed by atoms with Crippen molar-refractivity contribution in [3.8, 4) is 5.69 Å². The van der Waals surface area contributed by atoms with Crippen LogP contribution in [0.4, 0.5) is 0 Å². The number of nitrogens with two attached hydrogens (primary N) is 1. The molecular formula is C11H11N3O3S. The van der Waals surface area contributed by atoms with Crippen LogP contribution in [0.3, 0.4) is 0 Å². The van der Waals surface area contributed by atoms with E-state index in [0.29, 0.717) is 4.88 Å². The number of rotatable bonds is 5. The summed E-state index contributed by atoms with van der Waals surface area (Å²) < 4.78 is 1.82. The summed E-state index contributed by atoms with van der Waals surface area (Å²) in [5, 5.41) is 1.80. The van der Waals surface area contributed by atoms with Gasteiger partial charge in [-0.3, -0.25) is 14.4 Å². The number of hydrogen-bond donors (Lipinski definition) is 2. The zero-order chi connectivity index (χ0) is 13.0. The number of primary amides is 1. The molecular weight excluding hydrogens is 254 g/mol. The fraction of sp³-hybridized carbons (Fsp3) is 0.0909. The van der Waals surface area contributed by atoms with Crippen LogP contribution in [-0.2, 0) is 9.63 Å². The van der Waals surface area contributed by atoms with Crippen LogP contribution in [0.5, 0.6) is 0 Å². The standard InChI is InChI=1S/C11H11N3O3S/c12-9(15)7-17-13-11(16)10-8(3-6-18-10)14-4-1-2-5-14/h1-6H,7H2,(H2,12,15)(H,13,16). The van der Waals surface area contributed by atoms with Gasteiger partial charge in [0.25, 0.3) is 5.91 Å². The van der Waals surface area contributed by atoms with E-state index in [1.165, 1.54) is 11.3 Å². The Kier molecular flexibility index (Phi) is 3.75. The summed E-state index contributed by atoms with van der Waals surface area (Å²) in [6.07, 6.45) is 3.67. The Morgan fingerprint density at radius 1 is 1.39 bits per heavy atom. The first-order valence-electron chi connectivity index (χ1n) is 5.10. The van der Waals surface area contributed by atoms with Gasteiger partial charge in [0.05, 0.1) is 5.69 Å². The first kappa shape index (κ1) is 12.3. The van der Waals surface area contributed by atoms with Crippen molar-refractivity contribution >= 4 is 23.2 Å².